The molecular weight excluding hydrogens is 356 g/mol. The number of anilines is 1. The fourth-order valence-electron chi connectivity index (χ4n) is 3.65. The van der Waals surface area contributed by atoms with E-state index < -0.39 is 0 Å². The van der Waals surface area contributed by atoms with Gasteiger partial charge in [-0.3, -0.25) is 9.38 Å². The summed E-state index contributed by atoms with van der Waals surface area (Å²) >= 11 is 1.69. The van der Waals surface area contributed by atoms with Crippen molar-refractivity contribution < 1.29 is 0 Å². The third-order valence-electron chi connectivity index (χ3n) is 5.10. The maximum Gasteiger partial charge on any atom is 0.180 e. The van der Waals surface area contributed by atoms with E-state index in [0.717, 1.165) is 52.5 Å². The van der Waals surface area contributed by atoms with Crippen molar-refractivity contribution in [1.29, 1.82) is 0 Å². The molecule has 0 aromatic carbocycles. The van der Waals surface area contributed by atoms with Crippen molar-refractivity contribution in [3.63, 3.8) is 0 Å². The number of nitrogens with one attached hydrogen (secondary N) is 1. The van der Waals surface area contributed by atoms with Crippen LogP contribution in [0, 0.1) is 0 Å². The van der Waals surface area contributed by atoms with Gasteiger partial charge in [0.05, 0.1) is 22.5 Å². The van der Waals surface area contributed by atoms with E-state index in [1.165, 1.54) is 6.42 Å². The van der Waals surface area contributed by atoms with Crippen LogP contribution in [0.5, 0.6) is 0 Å². The number of piperidine rings is 1. The molecule has 1 fully saturated rings. The summed E-state index contributed by atoms with van der Waals surface area (Å²) in [7, 11) is 0. The number of fused-ring (bicyclic) bond motifs is 1. The molecule has 4 aromatic heterocycles. The van der Waals surface area contributed by atoms with Crippen LogP contribution in [0.2, 0.25) is 0 Å². The van der Waals surface area contributed by atoms with Gasteiger partial charge in [-0.05, 0) is 42.5 Å². The Morgan fingerprint density at radius 3 is 3.04 bits per heavy atom. The molecule has 1 saturated heterocycles. The Hall–Kier alpha value is -2.77. The van der Waals surface area contributed by atoms with Gasteiger partial charge >= 0.3 is 0 Å². The standard InChI is InChI=1S/C20H20N6S/c21-19-20-25-16(14-4-2-6-23-9-14)11-26(20)17(10-24-19)18-7-15(12-27-18)13-3-1-5-22-8-13/h1,3,5,7-8,10-12,14,23H,2,4,6,9H2,(H2,21,24). The summed E-state index contributed by atoms with van der Waals surface area (Å²) in [6.45, 7) is 2.06. The van der Waals surface area contributed by atoms with Gasteiger partial charge in [0, 0.05) is 36.6 Å². The van der Waals surface area contributed by atoms with Gasteiger partial charge in [-0.25, -0.2) is 9.97 Å². The molecular formula is C20H20N6S. The monoisotopic (exact) mass is 376 g/mol. The lowest BCUT2D eigenvalue weighted by atomic mass is 9.97. The number of pyridine rings is 1. The van der Waals surface area contributed by atoms with Crippen LogP contribution in [0.3, 0.4) is 0 Å². The predicted octanol–water partition coefficient (Wildman–Crippen LogP) is 3.57. The summed E-state index contributed by atoms with van der Waals surface area (Å²) in [6, 6.07) is 6.20. The van der Waals surface area contributed by atoms with Crippen LogP contribution >= 0.6 is 11.3 Å². The van der Waals surface area contributed by atoms with Crippen LogP contribution in [0.1, 0.15) is 24.5 Å². The van der Waals surface area contributed by atoms with E-state index in [-0.39, 0.29) is 0 Å². The van der Waals surface area contributed by atoms with E-state index in [1.54, 1.807) is 17.5 Å². The highest BCUT2D eigenvalue weighted by atomic mass is 32.1. The van der Waals surface area contributed by atoms with Crippen LogP contribution in [-0.4, -0.2) is 32.4 Å². The lowest BCUT2D eigenvalue weighted by molar-refractivity contribution is 0.456. The molecule has 5 rings (SSSR count). The maximum atomic E-state index is 6.13. The van der Waals surface area contributed by atoms with E-state index in [2.05, 4.69) is 43.4 Å². The van der Waals surface area contributed by atoms with Gasteiger partial charge in [-0.15, -0.1) is 11.3 Å². The number of hydrogen-bond donors (Lipinski definition) is 2. The van der Waals surface area contributed by atoms with Gasteiger partial charge in [0.1, 0.15) is 0 Å². The molecule has 1 unspecified atom stereocenters. The Kier molecular flexibility index (Phi) is 4.10. The van der Waals surface area contributed by atoms with Crippen molar-refractivity contribution in [1.82, 2.24) is 24.7 Å². The van der Waals surface area contributed by atoms with Crippen LogP contribution in [-0.2, 0) is 0 Å². The molecule has 4 aromatic rings. The highest BCUT2D eigenvalue weighted by Crippen LogP contribution is 2.34. The number of hydrogen-bond acceptors (Lipinski definition) is 6. The molecule has 0 bridgehead atoms. The molecule has 27 heavy (non-hydrogen) atoms. The lowest BCUT2D eigenvalue weighted by Gasteiger charge is -2.20. The van der Waals surface area contributed by atoms with E-state index >= 15 is 0 Å². The van der Waals surface area contributed by atoms with Crippen LogP contribution in [0.25, 0.3) is 27.3 Å². The van der Waals surface area contributed by atoms with Crippen molar-refractivity contribution in [3.8, 4) is 21.7 Å². The summed E-state index contributed by atoms with van der Waals surface area (Å²) < 4.78 is 2.09. The number of nitrogens with zero attached hydrogens (tertiary/aromatic N) is 4. The molecule has 0 spiro atoms. The van der Waals surface area contributed by atoms with Gasteiger partial charge < -0.3 is 11.1 Å². The smallest absolute Gasteiger partial charge is 0.180 e. The van der Waals surface area contributed by atoms with E-state index in [1.807, 2.05) is 18.5 Å². The quantitative estimate of drug-likeness (QED) is 0.571. The topological polar surface area (TPSA) is 81.1 Å². The van der Waals surface area contributed by atoms with Gasteiger partial charge in [0.15, 0.2) is 11.5 Å². The Morgan fingerprint density at radius 1 is 1.26 bits per heavy atom. The molecule has 0 amide bonds. The van der Waals surface area contributed by atoms with E-state index in [9.17, 15) is 0 Å². The first-order chi connectivity index (χ1) is 13.3. The first-order valence-electron chi connectivity index (χ1n) is 9.13. The fraction of sp³-hybridized carbons (Fsp3) is 0.250. The first kappa shape index (κ1) is 16.4. The molecule has 136 valence electrons. The van der Waals surface area contributed by atoms with E-state index in [4.69, 9.17) is 10.7 Å². The van der Waals surface area contributed by atoms with Gasteiger partial charge in [0.2, 0.25) is 0 Å². The van der Waals surface area contributed by atoms with Crippen molar-refractivity contribution in [2.24, 2.45) is 0 Å². The molecule has 1 aliphatic heterocycles. The number of rotatable bonds is 3. The summed E-state index contributed by atoms with van der Waals surface area (Å²) in [6.07, 6.45) is 9.98. The molecule has 3 N–H and O–H groups in total. The highest BCUT2D eigenvalue weighted by Gasteiger charge is 2.20. The normalized spacial score (nSPS) is 17.4. The van der Waals surface area contributed by atoms with Gasteiger partial charge in [0.25, 0.3) is 0 Å². The van der Waals surface area contributed by atoms with Crippen molar-refractivity contribution >= 4 is 22.8 Å². The molecule has 0 aliphatic carbocycles. The van der Waals surface area contributed by atoms with Crippen LogP contribution < -0.4 is 11.1 Å². The van der Waals surface area contributed by atoms with Crippen molar-refractivity contribution in [2.45, 2.75) is 18.8 Å². The number of imidazole rings is 1. The minimum Gasteiger partial charge on any atom is -0.381 e. The molecule has 1 aliphatic rings. The van der Waals surface area contributed by atoms with Crippen LogP contribution in [0.15, 0.2) is 48.4 Å². The molecule has 1 atom stereocenters. The summed E-state index contributed by atoms with van der Waals surface area (Å²) in [5, 5.41) is 5.61. The average Bonchev–Trinajstić information content (AvgIpc) is 3.38. The number of aromatic nitrogens is 4. The molecule has 7 heteroatoms. The summed E-state index contributed by atoms with van der Waals surface area (Å²) in [5.74, 6) is 0.901. The number of nitrogen functional groups attached to an aromatic ring is 1. The number of nitrogens with two attached hydrogens (primary N) is 1. The molecule has 0 saturated carbocycles. The van der Waals surface area contributed by atoms with Gasteiger partial charge in [-0.2, -0.15) is 0 Å². The zero-order valence-corrected chi connectivity index (χ0v) is 15.6. The number of thiophene rings is 1. The minimum atomic E-state index is 0.431. The second kappa shape index (κ2) is 6.75. The molecule has 6 nitrogen and oxygen atoms in total. The second-order valence-electron chi connectivity index (χ2n) is 6.87. The Labute approximate surface area is 161 Å². The first-order valence-corrected chi connectivity index (χ1v) is 10.0. The average molecular weight is 376 g/mol. The van der Waals surface area contributed by atoms with Crippen molar-refractivity contribution in [3.05, 3.63) is 54.1 Å². The minimum absolute atomic E-state index is 0.431. The highest BCUT2D eigenvalue weighted by molar-refractivity contribution is 7.14. The Morgan fingerprint density at radius 2 is 2.22 bits per heavy atom. The lowest BCUT2D eigenvalue weighted by Crippen LogP contribution is -2.28. The Bertz CT molecular complexity index is 1080. The molecule has 5 heterocycles. The second-order valence-corrected chi connectivity index (χ2v) is 7.78. The largest absolute Gasteiger partial charge is 0.381 e. The Balaban J connectivity index is 1.58. The van der Waals surface area contributed by atoms with Gasteiger partial charge in [-0.1, -0.05) is 6.07 Å². The zero-order valence-electron chi connectivity index (χ0n) is 14.8. The van der Waals surface area contributed by atoms with Crippen molar-refractivity contribution in [2.75, 3.05) is 18.8 Å². The SMILES string of the molecule is Nc1ncc(-c2cc(-c3cccnc3)cs2)n2cc(C3CCCNC3)nc12. The van der Waals surface area contributed by atoms with E-state index in [0.29, 0.717) is 11.7 Å². The zero-order chi connectivity index (χ0) is 18.2. The third kappa shape index (κ3) is 2.98. The predicted molar refractivity (Wildman–Crippen MR) is 109 cm³/mol. The maximum absolute atomic E-state index is 6.13. The summed E-state index contributed by atoms with van der Waals surface area (Å²) in [5.41, 5.74) is 11.2. The third-order valence-corrected chi connectivity index (χ3v) is 6.05. The molecule has 0 radical (unpaired) electrons. The summed E-state index contributed by atoms with van der Waals surface area (Å²) in [4.78, 5) is 14.6. The fourth-order valence-corrected chi connectivity index (χ4v) is 4.58. The van der Waals surface area contributed by atoms with Crippen LogP contribution in [0.4, 0.5) is 5.82 Å².